The summed E-state index contributed by atoms with van der Waals surface area (Å²) >= 11 is 0. The van der Waals surface area contributed by atoms with Crippen LogP contribution < -0.4 is 5.73 Å². The average Bonchev–Trinajstić information content (AvgIpc) is 2.66. The molecule has 0 atom stereocenters. The summed E-state index contributed by atoms with van der Waals surface area (Å²) in [6, 6.07) is 8.40. The Morgan fingerprint density at radius 2 is 2.25 bits per heavy atom. The average molecular weight is 216 g/mol. The van der Waals surface area contributed by atoms with E-state index in [1.54, 1.807) is 0 Å². The van der Waals surface area contributed by atoms with E-state index in [2.05, 4.69) is 46.4 Å². The van der Waals surface area contributed by atoms with Crippen molar-refractivity contribution in [1.29, 1.82) is 0 Å². The summed E-state index contributed by atoms with van der Waals surface area (Å²) in [5.41, 5.74) is 7.96. The van der Waals surface area contributed by atoms with E-state index in [0.29, 0.717) is 6.54 Å². The third-order valence-corrected chi connectivity index (χ3v) is 2.40. The Labute approximate surface area is 94.9 Å². The molecule has 0 bridgehead atoms. The van der Waals surface area contributed by atoms with Crippen molar-refractivity contribution in [3.63, 3.8) is 0 Å². The van der Waals surface area contributed by atoms with Gasteiger partial charge >= 0.3 is 0 Å². The normalized spacial score (nSPS) is 10.6. The van der Waals surface area contributed by atoms with Gasteiger partial charge in [0.1, 0.15) is 5.82 Å². The Kier molecular flexibility index (Phi) is 3.31. The van der Waals surface area contributed by atoms with Crippen molar-refractivity contribution >= 4 is 0 Å². The molecule has 0 saturated carbocycles. The zero-order valence-electron chi connectivity index (χ0n) is 9.40. The molecule has 0 unspecified atom stereocenters. The van der Waals surface area contributed by atoms with E-state index in [1.165, 1.54) is 11.1 Å². The maximum Gasteiger partial charge on any atom is 0.151 e. The maximum atomic E-state index is 5.45. The standard InChI is InChI=1S/C12H16N4/c1-9-3-2-4-10(7-9)8-12-14-11(5-6-13)15-16-12/h2-4,7H,5-6,8,13H2,1H3,(H,14,15,16). The van der Waals surface area contributed by atoms with Crippen molar-refractivity contribution in [2.45, 2.75) is 19.8 Å². The lowest BCUT2D eigenvalue weighted by Gasteiger charge is -1.98. The lowest BCUT2D eigenvalue weighted by atomic mass is 10.1. The first kappa shape index (κ1) is 10.8. The first-order valence-electron chi connectivity index (χ1n) is 5.43. The van der Waals surface area contributed by atoms with E-state index < -0.39 is 0 Å². The number of nitrogens with two attached hydrogens (primary N) is 1. The molecule has 0 aliphatic carbocycles. The zero-order valence-corrected chi connectivity index (χ0v) is 9.40. The number of hydrogen-bond donors (Lipinski definition) is 2. The molecule has 0 amide bonds. The minimum Gasteiger partial charge on any atom is -0.330 e. The van der Waals surface area contributed by atoms with Gasteiger partial charge in [-0.2, -0.15) is 5.10 Å². The molecule has 16 heavy (non-hydrogen) atoms. The molecule has 0 spiro atoms. The van der Waals surface area contributed by atoms with Gasteiger partial charge in [-0.25, -0.2) is 4.98 Å². The minimum absolute atomic E-state index is 0.585. The number of rotatable bonds is 4. The van der Waals surface area contributed by atoms with Gasteiger partial charge in [0, 0.05) is 12.8 Å². The summed E-state index contributed by atoms with van der Waals surface area (Å²) in [4.78, 5) is 4.38. The highest BCUT2D eigenvalue weighted by molar-refractivity contribution is 5.24. The fraction of sp³-hybridized carbons (Fsp3) is 0.333. The fourth-order valence-electron chi connectivity index (χ4n) is 1.67. The zero-order chi connectivity index (χ0) is 11.4. The minimum atomic E-state index is 0.585. The molecule has 3 N–H and O–H groups in total. The summed E-state index contributed by atoms with van der Waals surface area (Å²) in [6.45, 7) is 2.67. The Morgan fingerprint density at radius 1 is 1.38 bits per heavy atom. The van der Waals surface area contributed by atoms with Crippen molar-refractivity contribution in [1.82, 2.24) is 15.2 Å². The van der Waals surface area contributed by atoms with Crippen LogP contribution in [0.3, 0.4) is 0 Å². The van der Waals surface area contributed by atoms with Crippen LogP contribution >= 0.6 is 0 Å². The van der Waals surface area contributed by atoms with Crippen LogP contribution in [-0.4, -0.2) is 21.7 Å². The summed E-state index contributed by atoms with van der Waals surface area (Å²) in [5.74, 6) is 1.69. The van der Waals surface area contributed by atoms with Gasteiger partial charge in [0.15, 0.2) is 5.82 Å². The molecule has 0 saturated heterocycles. The van der Waals surface area contributed by atoms with E-state index in [4.69, 9.17) is 5.73 Å². The third kappa shape index (κ3) is 2.67. The molecule has 0 fully saturated rings. The molecular weight excluding hydrogens is 200 g/mol. The van der Waals surface area contributed by atoms with Crippen LogP contribution in [0, 0.1) is 6.92 Å². The quantitative estimate of drug-likeness (QED) is 0.807. The number of benzene rings is 1. The van der Waals surface area contributed by atoms with Crippen LogP contribution in [-0.2, 0) is 12.8 Å². The van der Waals surface area contributed by atoms with Gasteiger partial charge in [-0.1, -0.05) is 29.8 Å². The molecule has 2 aromatic rings. The lowest BCUT2D eigenvalue weighted by Crippen LogP contribution is -2.04. The van der Waals surface area contributed by atoms with E-state index in [-0.39, 0.29) is 0 Å². The Balaban J connectivity index is 2.08. The molecule has 84 valence electrons. The van der Waals surface area contributed by atoms with E-state index in [0.717, 1.165) is 24.5 Å². The van der Waals surface area contributed by atoms with Crippen molar-refractivity contribution in [3.05, 3.63) is 47.0 Å². The van der Waals surface area contributed by atoms with Gasteiger partial charge in [0.25, 0.3) is 0 Å². The summed E-state index contributed by atoms with van der Waals surface area (Å²) in [5, 5.41) is 7.05. The van der Waals surface area contributed by atoms with Gasteiger partial charge in [0.2, 0.25) is 0 Å². The Morgan fingerprint density at radius 3 is 3.00 bits per heavy atom. The summed E-state index contributed by atoms with van der Waals surface area (Å²) in [6.07, 6.45) is 1.52. The highest BCUT2D eigenvalue weighted by Crippen LogP contribution is 2.08. The van der Waals surface area contributed by atoms with Crippen LogP contribution in [0.25, 0.3) is 0 Å². The van der Waals surface area contributed by atoms with Crippen LogP contribution in [0.4, 0.5) is 0 Å². The highest BCUT2D eigenvalue weighted by atomic mass is 15.2. The molecule has 0 aliphatic heterocycles. The molecule has 4 nitrogen and oxygen atoms in total. The van der Waals surface area contributed by atoms with Gasteiger partial charge < -0.3 is 5.73 Å². The number of aromatic amines is 1. The van der Waals surface area contributed by atoms with Crippen LogP contribution in [0.15, 0.2) is 24.3 Å². The van der Waals surface area contributed by atoms with E-state index >= 15 is 0 Å². The Hall–Kier alpha value is -1.68. The second kappa shape index (κ2) is 4.90. The van der Waals surface area contributed by atoms with Gasteiger partial charge in [-0.15, -0.1) is 0 Å². The van der Waals surface area contributed by atoms with Crippen molar-refractivity contribution < 1.29 is 0 Å². The number of aryl methyl sites for hydroxylation is 1. The summed E-state index contributed by atoms with van der Waals surface area (Å²) < 4.78 is 0. The molecule has 2 rings (SSSR count). The van der Waals surface area contributed by atoms with Gasteiger partial charge in [-0.3, -0.25) is 5.10 Å². The number of nitrogens with zero attached hydrogens (tertiary/aromatic N) is 2. The SMILES string of the molecule is Cc1cccc(Cc2nc(CCN)n[nH]2)c1. The number of H-pyrrole nitrogens is 1. The maximum absolute atomic E-state index is 5.45. The second-order valence-corrected chi connectivity index (χ2v) is 3.90. The number of hydrogen-bond acceptors (Lipinski definition) is 3. The smallest absolute Gasteiger partial charge is 0.151 e. The van der Waals surface area contributed by atoms with Crippen LogP contribution in [0.2, 0.25) is 0 Å². The number of aromatic nitrogens is 3. The lowest BCUT2D eigenvalue weighted by molar-refractivity contribution is 0.874. The molecule has 1 heterocycles. The molecular formula is C12H16N4. The Bertz CT molecular complexity index is 462. The van der Waals surface area contributed by atoms with E-state index in [1.807, 2.05) is 0 Å². The molecule has 1 aromatic heterocycles. The van der Waals surface area contributed by atoms with Gasteiger partial charge in [-0.05, 0) is 19.0 Å². The molecule has 0 radical (unpaired) electrons. The van der Waals surface area contributed by atoms with Crippen molar-refractivity contribution in [2.75, 3.05) is 6.54 Å². The third-order valence-electron chi connectivity index (χ3n) is 2.40. The first-order valence-corrected chi connectivity index (χ1v) is 5.43. The number of nitrogens with one attached hydrogen (secondary N) is 1. The monoisotopic (exact) mass is 216 g/mol. The van der Waals surface area contributed by atoms with E-state index in [9.17, 15) is 0 Å². The van der Waals surface area contributed by atoms with Crippen molar-refractivity contribution in [2.24, 2.45) is 5.73 Å². The molecule has 4 heteroatoms. The largest absolute Gasteiger partial charge is 0.330 e. The van der Waals surface area contributed by atoms with Gasteiger partial charge in [0.05, 0.1) is 0 Å². The topological polar surface area (TPSA) is 67.6 Å². The highest BCUT2D eigenvalue weighted by Gasteiger charge is 2.03. The molecule has 1 aromatic carbocycles. The van der Waals surface area contributed by atoms with Crippen molar-refractivity contribution in [3.8, 4) is 0 Å². The van der Waals surface area contributed by atoms with Crippen LogP contribution in [0.5, 0.6) is 0 Å². The fourth-order valence-corrected chi connectivity index (χ4v) is 1.67. The summed E-state index contributed by atoms with van der Waals surface area (Å²) in [7, 11) is 0. The predicted molar refractivity (Wildman–Crippen MR) is 63.1 cm³/mol. The predicted octanol–water partition coefficient (Wildman–Crippen LogP) is 1.21. The van der Waals surface area contributed by atoms with Crippen LogP contribution in [0.1, 0.15) is 22.8 Å². The molecule has 0 aliphatic rings. The second-order valence-electron chi connectivity index (χ2n) is 3.90. The first-order chi connectivity index (χ1) is 7.78.